The molecule has 0 unspecified atom stereocenters. The van der Waals surface area contributed by atoms with Gasteiger partial charge in [-0.2, -0.15) is 0 Å². The maximum Gasteiger partial charge on any atom is 0.265 e. The number of sulfonamides is 1. The van der Waals surface area contributed by atoms with Crippen LogP contribution in [0.25, 0.3) is 0 Å². The van der Waals surface area contributed by atoms with E-state index < -0.39 is 10.0 Å². The third-order valence-corrected chi connectivity index (χ3v) is 5.77. The number of anilines is 2. The number of nitrogens with two attached hydrogens (primary N) is 1. The standard InChI is InChI=1S/C12H9Br3N2O2S/c13-7-1-3-9(4-2-7)17-20(18,19)12-10(15)5-8(14)6-11(12)16/h1-6,17H,16H2. The molecule has 3 N–H and O–H groups in total. The second kappa shape index (κ2) is 6.05. The van der Waals surface area contributed by atoms with Gasteiger partial charge < -0.3 is 5.73 Å². The highest BCUT2D eigenvalue weighted by Gasteiger charge is 2.21. The minimum Gasteiger partial charge on any atom is -0.398 e. The monoisotopic (exact) mass is 482 g/mol. The normalized spacial score (nSPS) is 11.3. The van der Waals surface area contributed by atoms with Gasteiger partial charge in [-0.25, -0.2) is 8.42 Å². The molecular formula is C12H9Br3N2O2S. The fourth-order valence-corrected chi connectivity index (χ4v) is 4.98. The topological polar surface area (TPSA) is 72.2 Å². The van der Waals surface area contributed by atoms with E-state index in [4.69, 9.17) is 5.73 Å². The summed E-state index contributed by atoms with van der Waals surface area (Å²) in [6.45, 7) is 0. The van der Waals surface area contributed by atoms with E-state index in [9.17, 15) is 8.42 Å². The number of nitrogens with one attached hydrogen (secondary N) is 1. The molecule has 0 saturated heterocycles. The molecule has 0 atom stereocenters. The van der Waals surface area contributed by atoms with Crippen LogP contribution >= 0.6 is 47.8 Å². The number of hydrogen-bond donors (Lipinski definition) is 2. The lowest BCUT2D eigenvalue weighted by atomic mass is 10.3. The number of nitrogen functional groups attached to an aromatic ring is 1. The lowest BCUT2D eigenvalue weighted by molar-refractivity contribution is 0.601. The molecule has 2 rings (SSSR count). The van der Waals surface area contributed by atoms with Gasteiger partial charge in [-0.3, -0.25) is 4.72 Å². The van der Waals surface area contributed by atoms with Gasteiger partial charge in [0.2, 0.25) is 0 Å². The number of benzene rings is 2. The third-order valence-electron chi connectivity index (χ3n) is 2.40. The first-order valence-electron chi connectivity index (χ1n) is 5.32. The number of rotatable bonds is 3. The van der Waals surface area contributed by atoms with E-state index in [1.165, 1.54) is 0 Å². The minimum atomic E-state index is -3.76. The van der Waals surface area contributed by atoms with E-state index in [0.29, 0.717) is 14.6 Å². The van der Waals surface area contributed by atoms with Gasteiger partial charge in [0.1, 0.15) is 4.90 Å². The summed E-state index contributed by atoms with van der Waals surface area (Å²) in [6.07, 6.45) is 0. The van der Waals surface area contributed by atoms with Crippen molar-refractivity contribution in [3.63, 3.8) is 0 Å². The summed E-state index contributed by atoms with van der Waals surface area (Å²) < 4.78 is 29.2. The molecule has 0 fully saturated rings. The zero-order chi connectivity index (χ0) is 14.9. The summed E-state index contributed by atoms with van der Waals surface area (Å²) in [5.41, 5.74) is 6.42. The maximum absolute atomic E-state index is 12.4. The number of halogens is 3. The SMILES string of the molecule is Nc1cc(Br)cc(Br)c1S(=O)(=O)Nc1ccc(Br)cc1. The largest absolute Gasteiger partial charge is 0.398 e. The Morgan fingerprint density at radius 3 is 2.10 bits per heavy atom. The van der Waals surface area contributed by atoms with Crippen LogP contribution in [0, 0.1) is 0 Å². The second-order valence-electron chi connectivity index (χ2n) is 3.92. The molecule has 0 spiro atoms. The van der Waals surface area contributed by atoms with Gasteiger partial charge in [0.05, 0.1) is 5.69 Å². The van der Waals surface area contributed by atoms with Crippen molar-refractivity contribution in [2.75, 3.05) is 10.5 Å². The first-order valence-corrected chi connectivity index (χ1v) is 9.19. The smallest absolute Gasteiger partial charge is 0.265 e. The molecule has 0 heterocycles. The third kappa shape index (κ3) is 3.55. The zero-order valence-electron chi connectivity index (χ0n) is 9.90. The van der Waals surface area contributed by atoms with Gasteiger partial charge in [-0.1, -0.05) is 31.9 Å². The highest BCUT2D eigenvalue weighted by molar-refractivity contribution is 9.11. The minimum absolute atomic E-state index is 0.0172. The lowest BCUT2D eigenvalue weighted by Crippen LogP contribution is -2.15. The van der Waals surface area contributed by atoms with Gasteiger partial charge in [0.25, 0.3) is 10.0 Å². The van der Waals surface area contributed by atoms with E-state index in [2.05, 4.69) is 52.5 Å². The first kappa shape index (κ1) is 15.8. The summed E-state index contributed by atoms with van der Waals surface area (Å²) in [5, 5.41) is 0. The fraction of sp³-hybridized carbons (Fsp3) is 0. The van der Waals surface area contributed by atoms with Crippen molar-refractivity contribution in [2.45, 2.75) is 4.90 Å². The average molecular weight is 485 g/mol. The van der Waals surface area contributed by atoms with Crippen LogP contribution < -0.4 is 10.5 Å². The summed E-state index contributed by atoms with van der Waals surface area (Å²) in [7, 11) is -3.76. The van der Waals surface area contributed by atoms with Crippen LogP contribution in [0.2, 0.25) is 0 Å². The van der Waals surface area contributed by atoms with E-state index in [1.54, 1.807) is 36.4 Å². The molecule has 0 radical (unpaired) electrons. The maximum atomic E-state index is 12.4. The van der Waals surface area contributed by atoms with Crippen LogP contribution in [0.3, 0.4) is 0 Å². The molecule has 20 heavy (non-hydrogen) atoms. The predicted octanol–water partition coefficient (Wildman–Crippen LogP) is 4.36. The van der Waals surface area contributed by atoms with E-state index in [0.717, 1.165) is 4.47 Å². The Balaban J connectivity index is 2.43. The molecule has 0 aliphatic carbocycles. The van der Waals surface area contributed by atoms with Gasteiger partial charge in [0.15, 0.2) is 0 Å². The molecule has 0 saturated carbocycles. The second-order valence-corrected chi connectivity index (χ2v) is 8.22. The van der Waals surface area contributed by atoms with Crippen LogP contribution in [-0.4, -0.2) is 8.42 Å². The van der Waals surface area contributed by atoms with Crippen molar-refractivity contribution in [1.82, 2.24) is 0 Å². The molecule has 0 aliphatic rings. The summed E-state index contributed by atoms with van der Waals surface area (Å²) in [5.74, 6) is 0. The molecular weight excluding hydrogens is 476 g/mol. The summed E-state index contributed by atoms with van der Waals surface area (Å²) >= 11 is 9.77. The van der Waals surface area contributed by atoms with Crippen molar-refractivity contribution in [3.05, 3.63) is 49.8 Å². The molecule has 0 amide bonds. The van der Waals surface area contributed by atoms with Crippen molar-refractivity contribution >= 4 is 69.2 Å². The molecule has 106 valence electrons. The summed E-state index contributed by atoms with van der Waals surface area (Å²) in [6, 6.07) is 9.98. The van der Waals surface area contributed by atoms with Crippen molar-refractivity contribution < 1.29 is 8.42 Å². The van der Waals surface area contributed by atoms with Gasteiger partial charge >= 0.3 is 0 Å². The summed E-state index contributed by atoms with van der Waals surface area (Å²) in [4.78, 5) is 0.0172. The van der Waals surface area contributed by atoms with Gasteiger partial charge in [0, 0.05) is 19.1 Å². The Morgan fingerprint density at radius 1 is 0.950 bits per heavy atom. The molecule has 2 aromatic carbocycles. The van der Waals surface area contributed by atoms with Crippen LogP contribution in [-0.2, 0) is 10.0 Å². The number of hydrogen-bond acceptors (Lipinski definition) is 3. The van der Waals surface area contributed by atoms with Crippen LogP contribution in [0.1, 0.15) is 0 Å². The fourth-order valence-electron chi connectivity index (χ4n) is 1.59. The Hall–Kier alpha value is -0.570. The van der Waals surface area contributed by atoms with Crippen molar-refractivity contribution in [2.24, 2.45) is 0 Å². The molecule has 0 bridgehead atoms. The highest BCUT2D eigenvalue weighted by atomic mass is 79.9. The molecule has 0 aliphatic heterocycles. The van der Waals surface area contributed by atoms with Crippen molar-refractivity contribution in [1.29, 1.82) is 0 Å². The zero-order valence-corrected chi connectivity index (χ0v) is 15.5. The highest BCUT2D eigenvalue weighted by Crippen LogP contribution is 2.32. The Morgan fingerprint density at radius 2 is 1.55 bits per heavy atom. The average Bonchev–Trinajstić information content (AvgIpc) is 2.30. The Kier molecular flexibility index (Phi) is 4.78. The van der Waals surface area contributed by atoms with Gasteiger partial charge in [-0.05, 0) is 52.3 Å². The lowest BCUT2D eigenvalue weighted by Gasteiger charge is -2.12. The first-order chi connectivity index (χ1) is 9.29. The molecule has 4 nitrogen and oxygen atoms in total. The molecule has 2 aromatic rings. The van der Waals surface area contributed by atoms with E-state index >= 15 is 0 Å². The molecule has 8 heteroatoms. The van der Waals surface area contributed by atoms with Crippen LogP contribution in [0.5, 0.6) is 0 Å². The molecule has 0 aromatic heterocycles. The predicted molar refractivity (Wildman–Crippen MR) is 91.2 cm³/mol. The van der Waals surface area contributed by atoms with Gasteiger partial charge in [-0.15, -0.1) is 0 Å². The Labute approximate surface area is 142 Å². The van der Waals surface area contributed by atoms with E-state index in [1.807, 2.05) is 0 Å². The van der Waals surface area contributed by atoms with Crippen LogP contribution in [0.4, 0.5) is 11.4 Å². The Bertz CT molecular complexity index is 723. The quantitative estimate of drug-likeness (QED) is 0.636. The van der Waals surface area contributed by atoms with Crippen molar-refractivity contribution in [3.8, 4) is 0 Å². The van der Waals surface area contributed by atoms with E-state index in [-0.39, 0.29) is 10.6 Å². The van der Waals surface area contributed by atoms with Crippen LogP contribution in [0.15, 0.2) is 54.7 Å².